The lowest BCUT2D eigenvalue weighted by atomic mass is 10.1. The zero-order valence-corrected chi connectivity index (χ0v) is 14.3. The van der Waals surface area contributed by atoms with E-state index >= 15 is 0 Å². The molecule has 0 N–H and O–H groups in total. The highest BCUT2D eigenvalue weighted by molar-refractivity contribution is 6.30. The molecule has 2 aromatic heterocycles. The molecule has 0 amide bonds. The molecule has 0 saturated heterocycles. The number of rotatable bonds is 3. The topological polar surface area (TPSA) is 52.7 Å². The molecule has 5 nitrogen and oxygen atoms in total. The van der Waals surface area contributed by atoms with Crippen molar-refractivity contribution in [2.24, 2.45) is 0 Å². The number of fused-ring (bicyclic) bond motifs is 1. The standard InChI is InChI=1S/C19H15ClN4O/c1-13(14-5-3-2-4-6-14)23-12-21-18-17(19(23)25)11-22-24(18)16-9-7-15(20)8-10-16/h2-13H,1H3. The molecule has 0 spiro atoms. The van der Waals surface area contributed by atoms with Crippen LogP contribution in [0.2, 0.25) is 5.02 Å². The Labute approximate surface area is 149 Å². The zero-order chi connectivity index (χ0) is 17.4. The quantitative estimate of drug-likeness (QED) is 0.564. The second-order valence-electron chi connectivity index (χ2n) is 5.81. The molecular weight excluding hydrogens is 336 g/mol. The lowest BCUT2D eigenvalue weighted by Crippen LogP contribution is -2.24. The summed E-state index contributed by atoms with van der Waals surface area (Å²) in [6.45, 7) is 1.98. The Balaban J connectivity index is 1.82. The molecule has 1 unspecified atom stereocenters. The maximum Gasteiger partial charge on any atom is 0.265 e. The molecule has 0 fully saturated rings. The van der Waals surface area contributed by atoms with Crippen molar-refractivity contribution in [1.82, 2.24) is 19.3 Å². The molecule has 6 heteroatoms. The van der Waals surface area contributed by atoms with Gasteiger partial charge < -0.3 is 0 Å². The number of benzene rings is 2. The maximum absolute atomic E-state index is 12.9. The number of halogens is 1. The minimum Gasteiger partial charge on any atom is -0.291 e. The molecule has 0 radical (unpaired) electrons. The van der Waals surface area contributed by atoms with Crippen molar-refractivity contribution in [2.45, 2.75) is 13.0 Å². The Morgan fingerprint density at radius 3 is 2.48 bits per heavy atom. The Hall–Kier alpha value is -2.92. The van der Waals surface area contributed by atoms with E-state index in [1.165, 1.54) is 0 Å². The van der Waals surface area contributed by atoms with E-state index in [0.29, 0.717) is 16.1 Å². The van der Waals surface area contributed by atoms with Crippen LogP contribution in [-0.4, -0.2) is 19.3 Å². The molecule has 25 heavy (non-hydrogen) atoms. The van der Waals surface area contributed by atoms with Crippen LogP contribution in [0.4, 0.5) is 0 Å². The Morgan fingerprint density at radius 1 is 1.04 bits per heavy atom. The Morgan fingerprint density at radius 2 is 1.76 bits per heavy atom. The second-order valence-corrected chi connectivity index (χ2v) is 6.25. The zero-order valence-electron chi connectivity index (χ0n) is 13.5. The lowest BCUT2D eigenvalue weighted by molar-refractivity contribution is 0.608. The summed E-state index contributed by atoms with van der Waals surface area (Å²) >= 11 is 5.93. The molecule has 0 aliphatic rings. The summed E-state index contributed by atoms with van der Waals surface area (Å²) in [6.07, 6.45) is 3.14. The first-order valence-corrected chi connectivity index (χ1v) is 8.29. The van der Waals surface area contributed by atoms with Gasteiger partial charge in [0.05, 0.1) is 17.9 Å². The molecular formula is C19H15ClN4O. The third kappa shape index (κ3) is 2.72. The summed E-state index contributed by atoms with van der Waals surface area (Å²) in [7, 11) is 0. The summed E-state index contributed by atoms with van der Waals surface area (Å²) in [4.78, 5) is 17.4. The molecule has 0 aliphatic carbocycles. The van der Waals surface area contributed by atoms with E-state index in [4.69, 9.17) is 11.6 Å². The normalized spacial score (nSPS) is 12.4. The van der Waals surface area contributed by atoms with E-state index in [1.807, 2.05) is 49.4 Å². The average molecular weight is 351 g/mol. The minimum absolute atomic E-state index is 0.107. The minimum atomic E-state index is -0.110. The van der Waals surface area contributed by atoms with E-state index in [-0.39, 0.29) is 11.6 Å². The molecule has 1 atom stereocenters. The highest BCUT2D eigenvalue weighted by Gasteiger charge is 2.15. The van der Waals surface area contributed by atoms with Crippen LogP contribution in [0, 0.1) is 0 Å². The molecule has 0 aliphatic heterocycles. The maximum atomic E-state index is 12.9. The van der Waals surface area contributed by atoms with Crippen molar-refractivity contribution >= 4 is 22.6 Å². The summed E-state index contributed by atoms with van der Waals surface area (Å²) < 4.78 is 3.27. The van der Waals surface area contributed by atoms with Gasteiger partial charge in [0.25, 0.3) is 5.56 Å². The van der Waals surface area contributed by atoms with Crippen LogP contribution < -0.4 is 5.56 Å². The molecule has 0 bridgehead atoms. The largest absolute Gasteiger partial charge is 0.291 e. The highest BCUT2D eigenvalue weighted by atomic mass is 35.5. The lowest BCUT2D eigenvalue weighted by Gasteiger charge is -2.15. The van der Waals surface area contributed by atoms with Gasteiger partial charge >= 0.3 is 0 Å². The van der Waals surface area contributed by atoms with E-state index in [0.717, 1.165) is 11.3 Å². The van der Waals surface area contributed by atoms with Crippen molar-refractivity contribution in [1.29, 1.82) is 0 Å². The number of aromatic nitrogens is 4. The predicted molar refractivity (Wildman–Crippen MR) is 98.4 cm³/mol. The third-order valence-electron chi connectivity index (χ3n) is 4.28. The van der Waals surface area contributed by atoms with Crippen LogP contribution in [0.3, 0.4) is 0 Å². The fraction of sp³-hybridized carbons (Fsp3) is 0.105. The van der Waals surface area contributed by atoms with Crippen LogP contribution in [0.5, 0.6) is 0 Å². The van der Waals surface area contributed by atoms with Crippen molar-refractivity contribution < 1.29 is 0 Å². The molecule has 0 saturated carbocycles. The van der Waals surface area contributed by atoms with Gasteiger partial charge in [0.15, 0.2) is 5.65 Å². The van der Waals surface area contributed by atoms with Crippen LogP contribution >= 0.6 is 11.6 Å². The molecule has 4 aromatic rings. The summed E-state index contributed by atoms with van der Waals surface area (Å²) in [5.74, 6) is 0. The monoisotopic (exact) mass is 350 g/mol. The van der Waals surface area contributed by atoms with Crippen molar-refractivity contribution in [3.05, 3.63) is 88.1 Å². The molecule has 124 valence electrons. The summed E-state index contributed by atoms with van der Waals surface area (Å²) in [6, 6.07) is 17.0. The van der Waals surface area contributed by atoms with E-state index in [2.05, 4.69) is 10.1 Å². The van der Waals surface area contributed by atoms with Gasteiger partial charge in [-0.05, 0) is 36.8 Å². The summed E-state index contributed by atoms with van der Waals surface area (Å²) in [5.41, 5.74) is 2.28. The fourth-order valence-corrected chi connectivity index (χ4v) is 2.99. The molecule has 2 aromatic carbocycles. The van der Waals surface area contributed by atoms with E-state index in [1.54, 1.807) is 33.9 Å². The molecule has 4 rings (SSSR count). The Bertz CT molecular complexity index is 1080. The number of hydrogen-bond acceptors (Lipinski definition) is 3. The first kappa shape index (κ1) is 15.6. The second kappa shape index (κ2) is 6.18. The van der Waals surface area contributed by atoms with Crippen molar-refractivity contribution in [2.75, 3.05) is 0 Å². The van der Waals surface area contributed by atoms with Crippen molar-refractivity contribution in [3.8, 4) is 5.69 Å². The van der Waals surface area contributed by atoms with Gasteiger partial charge in [0.1, 0.15) is 11.7 Å². The van der Waals surface area contributed by atoms with Crippen LogP contribution in [-0.2, 0) is 0 Å². The van der Waals surface area contributed by atoms with Gasteiger partial charge in [-0.1, -0.05) is 41.9 Å². The Kier molecular flexibility index (Phi) is 3.86. The number of nitrogens with zero attached hydrogens (tertiary/aromatic N) is 4. The van der Waals surface area contributed by atoms with Crippen molar-refractivity contribution in [3.63, 3.8) is 0 Å². The third-order valence-corrected chi connectivity index (χ3v) is 4.54. The first-order valence-electron chi connectivity index (χ1n) is 7.91. The first-order chi connectivity index (χ1) is 12.1. The SMILES string of the molecule is CC(c1ccccc1)n1cnc2c(cnn2-c2ccc(Cl)cc2)c1=O. The predicted octanol–water partition coefficient (Wildman–Crippen LogP) is 3.84. The average Bonchev–Trinajstić information content (AvgIpc) is 3.08. The smallest absolute Gasteiger partial charge is 0.265 e. The van der Waals surface area contributed by atoms with E-state index in [9.17, 15) is 4.79 Å². The van der Waals surface area contributed by atoms with Gasteiger partial charge in [-0.25, -0.2) is 9.67 Å². The van der Waals surface area contributed by atoms with Gasteiger partial charge in [-0.3, -0.25) is 9.36 Å². The van der Waals surface area contributed by atoms with Crippen LogP contribution in [0.25, 0.3) is 16.7 Å². The number of hydrogen-bond donors (Lipinski definition) is 0. The molecule has 2 heterocycles. The van der Waals surface area contributed by atoms with Crippen LogP contribution in [0.15, 0.2) is 71.9 Å². The fourth-order valence-electron chi connectivity index (χ4n) is 2.86. The summed E-state index contributed by atoms with van der Waals surface area (Å²) in [5, 5.41) is 5.46. The highest BCUT2D eigenvalue weighted by Crippen LogP contribution is 2.19. The van der Waals surface area contributed by atoms with Crippen LogP contribution in [0.1, 0.15) is 18.5 Å². The van der Waals surface area contributed by atoms with Gasteiger partial charge in [0, 0.05) is 5.02 Å². The van der Waals surface area contributed by atoms with Gasteiger partial charge in [-0.2, -0.15) is 5.10 Å². The van der Waals surface area contributed by atoms with Gasteiger partial charge in [0.2, 0.25) is 0 Å². The van der Waals surface area contributed by atoms with E-state index < -0.39 is 0 Å². The van der Waals surface area contributed by atoms with Gasteiger partial charge in [-0.15, -0.1) is 0 Å².